The molecule has 22 heavy (non-hydrogen) atoms. The van der Waals surface area contributed by atoms with Crippen molar-refractivity contribution in [1.82, 2.24) is 5.32 Å². The maximum Gasteiger partial charge on any atom is 0.240 e. The van der Waals surface area contributed by atoms with E-state index >= 15 is 0 Å². The summed E-state index contributed by atoms with van der Waals surface area (Å²) in [5.41, 5.74) is 3.87. The Balaban J connectivity index is 1.65. The number of thiophene rings is 1. The van der Waals surface area contributed by atoms with E-state index in [0.29, 0.717) is 6.54 Å². The van der Waals surface area contributed by atoms with Crippen LogP contribution in [0.2, 0.25) is 0 Å². The molecule has 3 rings (SSSR count). The summed E-state index contributed by atoms with van der Waals surface area (Å²) in [5, 5.41) is 5.14. The number of hydrogen-bond donors (Lipinski definition) is 1. The van der Waals surface area contributed by atoms with E-state index in [9.17, 15) is 4.79 Å². The standard InChI is InChI=1S/C18H22N2OS/c1-13-7-8-16-15(11-13)5-3-9-20(16)12-18(21)19-14(2)17-6-4-10-22-17/h4,6-8,10-11,14H,3,5,9,12H2,1-2H3,(H,19,21)/t14-/m0/s1. The molecule has 1 aromatic carbocycles. The highest BCUT2D eigenvalue weighted by atomic mass is 32.1. The number of nitrogens with zero attached hydrogens (tertiary/aromatic N) is 1. The normalized spacial score (nSPS) is 15.3. The van der Waals surface area contributed by atoms with Gasteiger partial charge in [0, 0.05) is 17.1 Å². The van der Waals surface area contributed by atoms with Crippen molar-refractivity contribution >= 4 is 22.9 Å². The summed E-state index contributed by atoms with van der Waals surface area (Å²) in [6.07, 6.45) is 2.23. The summed E-state index contributed by atoms with van der Waals surface area (Å²) >= 11 is 1.68. The Bertz CT molecular complexity index is 651. The molecule has 0 radical (unpaired) electrons. The first kappa shape index (κ1) is 15.1. The minimum absolute atomic E-state index is 0.0785. The van der Waals surface area contributed by atoms with Crippen molar-refractivity contribution in [2.45, 2.75) is 32.7 Å². The number of aryl methyl sites for hydroxylation is 2. The van der Waals surface area contributed by atoms with Crippen LogP contribution < -0.4 is 10.2 Å². The maximum absolute atomic E-state index is 12.3. The Kier molecular flexibility index (Phi) is 4.48. The fourth-order valence-electron chi connectivity index (χ4n) is 3.04. The first-order valence-electron chi connectivity index (χ1n) is 7.81. The Labute approximate surface area is 136 Å². The molecular weight excluding hydrogens is 292 g/mol. The average Bonchev–Trinajstić information content (AvgIpc) is 3.01. The number of fused-ring (bicyclic) bond motifs is 1. The zero-order valence-electron chi connectivity index (χ0n) is 13.1. The van der Waals surface area contributed by atoms with Crippen molar-refractivity contribution in [3.63, 3.8) is 0 Å². The van der Waals surface area contributed by atoms with Crippen molar-refractivity contribution < 1.29 is 4.79 Å². The number of benzene rings is 1. The molecule has 3 nitrogen and oxygen atoms in total. The van der Waals surface area contributed by atoms with Crippen molar-refractivity contribution in [2.75, 3.05) is 18.0 Å². The second-order valence-corrected chi connectivity index (χ2v) is 6.94. The predicted molar refractivity (Wildman–Crippen MR) is 92.6 cm³/mol. The maximum atomic E-state index is 12.3. The van der Waals surface area contributed by atoms with Crippen molar-refractivity contribution in [2.24, 2.45) is 0 Å². The van der Waals surface area contributed by atoms with Crippen LogP contribution in [0.4, 0.5) is 5.69 Å². The van der Waals surface area contributed by atoms with Gasteiger partial charge in [-0.2, -0.15) is 0 Å². The molecule has 1 amide bonds. The molecule has 116 valence electrons. The molecule has 2 aromatic rings. The van der Waals surface area contributed by atoms with Crippen molar-refractivity contribution in [3.05, 3.63) is 51.7 Å². The van der Waals surface area contributed by atoms with Crippen LogP contribution in [-0.2, 0) is 11.2 Å². The van der Waals surface area contributed by atoms with Gasteiger partial charge in [-0.3, -0.25) is 4.79 Å². The van der Waals surface area contributed by atoms with Crippen LogP contribution in [0.15, 0.2) is 35.7 Å². The molecule has 0 saturated carbocycles. The molecule has 0 saturated heterocycles. The number of rotatable bonds is 4. The third kappa shape index (κ3) is 3.33. The van der Waals surface area contributed by atoms with E-state index in [1.165, 1.54) is 21.7 Å². The highest BCUT2D eigenvalue weighted by Gasteiger charge is 2.20. The summed E-state index contributed by atoms with van der Waals surface area (Å²) in [6, 6.07) is 10.7. The predicted octanol–water partition coefficient (Wildman–Crippen LogP) is 3.69. The van der Waals surface area contributed by atoms with E-state index in [4.69, 9.17) is 0 Å². The van der Waals surface area contributed by atoms with Crippen molar-refractivity contribution in [1.29, 1.82) is 0 Å². The topological polar surface area (TPSA) is 32.3 Å². The zero-order valence-corrected chi connectivity index (χ0v) is 14.0. The summed E-state index contributed by atoms with van der Waals surface area (Å²) in [4.78, 5) is 15.7. The van der Waals surface area contributed by atoms with Crippen LogP contribution in [0.3, 0.4) is 0 Å². The highest BCUT2D eigenvalue weighted by Crippen LogP contribution is 2.27. The van der Waals surface area contributed by atoms with Crippen LogP contribution in [0, 0.1) is 6.92 Å². The molecule has 0 unspecified atom stereocenters. The number of hydrogen-bond acceptors (Lipinski definition) is 3. The summed E-state index contributed by atoms with van der Waals surface area (Å²) in [7, 11) is 0. The SMILES string of the molecule is Cc1ccc2c(c1)CCCN2CC(=O)N[C@@H](C)c1cccs1. The second kappa shape index (κ2) is 6.53. The molecule has 1 aromatic heterocycles. The van der Waals surface area contributed by atoms with E-state index in [-0.39, 0.29) is 11.9 Å². The number of carbonyl (C=O) groups excluding carboxylic acids is 1. The number of anilines is 1. The molecule has 0 fully saturated rings. The van der Waals surface area contributed by atoms with Gasteiger partial charge in [0.2, 0.25) is 5.91 Å². The summed E-state index contributed by atoms with van der Waals surface area (Å²) in [5.74, 6) is 0.0920. The Morgan fingerprint density at radius 2 is 2.27 bits per heavy atom. The van der Waals surface area contributed by atoms with Gasteiger partial charge in [-0.25, -0.2) is 0 Å². The summed E-state index contributed by atoms with van der Waals surface area (Å²) < 4.78 is 0. The van der Waals surface area contributed by atoms with Crippen LogP contribution in [0.1, 0.15) is 35.4 Å². The van der Waals surface area contributed by atoms with E-state index in [1.54, 1.807) is 11.3 Å². The molecule has 4 heteroatoms. The van der Waals surface area contributed by atoms with Gasteiger partial charge in [-0.15, -0.1) is 11.3 Å². The van der Waals surface area contributed by atoms with Gasteiger partial charge in [0.15, 0.2) is 0 Å². The lowest BCUT2D eigenvalue weighted by Crippen LogP contribution is -2.40. The fraction of sp³-hybridized carbons (Fsp3) is 0.389. The Hall–Kier alpha value is -1.81. The Morgan fingerprint density at radius 3 is 3.05 bits per heavy atom. The zero-order chi connectivity index (χ0) is 15.5. The Morgan fingerprint density at radius 1 is 1.41 bits per heavy atom. The lowest BCUT2D eigenvalue weighted by Gasteiger charge is -2.31. The minimum atomic E-state index is 0.0785. The molecule has 0 aliphatic carbocycles. The van der Waals surface area contributed by atoms with E-state index in [1.807, 2.05) is 18.4 Å². The number of amides is 1. The lowest BCUT2D eigenvalue weighted by atomic mass is 9.99. The molecule has 0 bridgehead atoms. The molecule has 1 aliphatic heterocycles. The smallest absolute Gasteiger partial charge is 0.240 e. The minimum Gasteiger partial charge on any atom is -0.362 e. The van der Waals surface area contributed by atoms with Crippen LogP contribution in [0.25, 0.3) is 0 Å². The van der Waals surface area contributed by atoms with Crippen LogP contribution >= 0.6 is 11.3 Å². The van der Waals surface area contributed by atoms with Crippen molar-refractivity contribution in [3.8, 4) is 0 Å². The van der Waals surface area contributed by atoms with Gasteiger partial charge in [0.05, 0.1) is 12.6 Å². The van der Waals surface area contributed by atoms with E-state index < -0.39 is 0 Å². The van der Waals surface area contributed by atoms with E-state index in [2.05, 4.69) is 41.4 Å². The molecule has 1 aliphatic rings. The van der Waals surface area contributed by atoms with E-state index in [0.717, 1.165) is 19.4 Å². The quantitative estimate of drug-likeness (QED) is 0.933. The van der Waals surface area contributed by atoms with Gasteiger partial charge < -0.3 is 10.2 Å². The van der Waals surface area contributed by atoms with Gasteiger partial charge in [0.1, 0.15) is 0 Å². The molecular formula is C18H22N2OS. The fourth-order valence-corrected chi connectivity index (χ4v) is 3.77. The van der Waals surface area contributed by atoms with Gasteiger partial charge in [0.25, 0.3) is 0 Å². The lowest BCUT2D eigenvalue weighted by molar-refractivity contribution is -0.120. The molecule has 1 atom stereocenters. The average molecular weight is 314 g/mol. The monoisotopic (exact) mass is 314 g/mol. The highest BCUT2D eigenvalue weighted by molar-refractivity contribution is 7.10. The van der Waals surface area contributed by atoms with Gasteiger partial charge >= 0.3 is 0 Å². The third-order valence-corrected chi connectivity index (χ3v) is 5.19. The second-order valence-electron chi connectivity index (χ2n) is 5.96. The van der Waals surface area contributed by atoms with Crippen LogP contribution in [0.5, 0.6) is 0 Å². The first-order chi connectivity index (χ1) is 10.6. The molecule has 1 N–H and O–H groups in total. The largest absolute Gasteiger partial charge is 0.362 e. The molecule has 0 spiro atoms. The summed E-state index contributed by atoms with van der Waals surface area (Å²) in [6.45, 7) is 5.55. The van der Waals surface area contributed by atoms with Gasteiger partial charge in [-0.1, -0.05) is 23.8 Å². The van der Waals surface area contributed by atoms with Gasteiger partial charge in [-0.05, 0) is 49.8 Å². The van der Waals surface area contributed by atoms with Crippen LogP contribution in [-0.4, -0.2) is 19.0 Å². The molecule has 2 heterocycles. The number of carbonyl (C=O) groups is 1. The first-order valence-corrected chi connectivity index (χ1v) is 8.68. The third-order valence-electron chi connectivity index (χ3n) is 4.13. The number of nitrogens with one attached hydrogen (secondary N) is 1.